The van der Waals surface area contributed by atoms with Crippen LogP contribution in [0.15, 0.2) is 36.5 Å². The molecule has 0 atom stereocenters. The number of hydrogen-bond donors (Lipinski definition) is 1. The monoisotopic (exact) mass is 274 g/mol. The lowest BCUT2D eigenvalue weighted by Crippen LogP contribution is -2.13. The molecule has 0 bridgehead atoms. The number of pyridine rings is 1. The average Bonchev–Trinajstić information content (AvgIpc) is 2.41. The van der Waals surface area contributed by atoms with E-state index in [1.807, 2.05) is 25.1 Å². The molecule has 0 aliphatic rings. The maximum absolute atomic E-state index is 13.6. The Hall–Kier alpha value is -1.94. The van der Waals surface area contributed by atoms with E-state index in [9.17, 15) is 4.39 Å². The van der Waals surface area contributed by atoms with E-state index in [-0.39, 0.29) is 5.82 Å². The van der Waals surface area contributed by atoms with Crippen LogP contribution in [0.4, 0.5) is 4.39 Å². The zero-order chi connectivity index (χ0) is 14.4. The highest BCUT2D eigenvalue weighted by Crippen LogP contribution is 2.23. The molecule has 0 aliphatic heterocycles. The molecule has 2 rings (SSSR count). The predicted molar refractivity (Wildman–Crippen MR) is 77.4 cm³/mol. The second kappa shape index (κ2) is 7.01. The summed E-state index contributed by atoms with van der Waals surface area (Å²) in [5, 5.41) is 3.24. The Morgan fingerprint density at radius 3 is 2.75 bits per heavy atom. The fraction of sp³-hybridized carbons (Fsp3) is 0.312. The number of halogens is 1. The van der Waals surface area contributed by atoms with E-state index in [1.54, 1.807) is 6.20 Å². The molecule has 1 N–H and O–H groups in total. The molecule has 0 amide bonds. The molecule has 1 heterocycles. The minimum absolute atomic E-state index is 0.295. The summed E-state index contributed by atoms with van der Waals surface area (Å²) < 4.78 is 19.2. The van der Waals surface area contributed by atoms with Crippen LogP contribution in [-0.2, 0) is 6.54 Å². The number of nitrogens with one attached hydrogen (secondary N) is 1. The SMILES string of the molecule is CCCNCc1cc(F)cc(Oc2ccc(C)nc2)c1. The fourth-order valence-electron chi connectivity index (χ4n) is 1.84. The van der Waals surface area contributed by atoms with Crippen molar-refractivity contribution in [3.8, 4) is 11.5 Å². The second-order valence-corrected chi connectivity index (χ2v) is 4.71. The molecule has 0 radical (unpaired) electrons. The summed E-state index contributed by atoms with van der Waals surface area (Å²) >= 11 is 0. The number of benzene rings is 1. The summed E-state index contributed by atoms with van der Waals surface area (Å²) in [7, 11) is 0. The highest BCUT2D eigenvalue weighted by Gasteiger charge is 2.03. The topological polar surface area (TPSA) is 34.1 Å². The first-order chi connectivity index (χ1) is 9.67. The van der Waals surface area contributed by atoms with Gasteiger partial charge in [-0.25, -0.2) is 4.39 Å². The Kier molecular flexibility index (Phi) is 5.07. The van der Waals surface area contributed by atoms with Crippen LogP contribution in [0.5, 0.6) is 11.5 Å². The minimum atomic E-state index is -0.295. The van der Waals surface area contributed by atoms with Gasteiger partial charge in [-0.3, -0.25) is 4.98 Å². The van der Waals surface area contributed by atoms with Gasteiger partial charge in [-0.1, -0.05) is 6.92 Å². The van der Waals surface area contributed by atoms with Crippen molar-refractivity contribution in [1.82, 2.24) is 10.3 Å². The highest BCUT2D eigenvalue weighted by atomic mass is 19.1. The Labute approximate surface area is 118 Å². The van der Waals surface area contributed by atoms with Crippen molar-refractivity contribution in [1.29, 1.82) is 0 Å². The predicted octanol–water partition coefficient (Wildman–Crippen LogP) is 3.82. The molecule has 0 saturated carbocycles. The first-order valence-corrected chi connectivity index (χ1v) is 6.78. The van der Waals surface area contributed by atoms with Gasteiger partial charge in [0.1, 0.15) is 17.3 Å². The molecule has 0 spiro atoms. The lowest BCUT2D eigenvalue weighted by atomic mass is 10.2. The molecule has 0 saturated heterocycles. The maximum atomic E-state index is 13.6. The lowest BCUT2D eigenvalue weighted by molar-refractivity contribution is 0.472. The Balaban J connectivity index is 2.09. The third-order valence-electron chi connectivity index (χ3n) is 2.81. The van der Waals surface area contributed by atoms with Crippen LogP contribution in [-0.4, -0.2) is 11.5 Å². The minimum Gasteiger partial charge on any atom is -0.456 e. The Morgan fingerprint density at radius 1 is 1.20 bits per heavy atom. The van der Waals surface area contributed by atoms with Crippen LogP contribution < -0.4 is 10.1 Å². The van der Waals surface area contributed by atoms with Gasteiger partial charge in [0.05, 0.1) is 6.20 Å². The Morgan fingerprint density at radius 2 is 2.05 bits per heavy atom. The van der Waals surface area contributed by atoms with Crippen LogP contribution in [0, 0.1) is 12.7 Å². The van der Waals surface area contributed by atoms with Gasteiger partial charge < -0.3 is 10.1 Å². The third kappa shape index (κ3) is 4.31. The van der Waals surface area contributed by atoms with Crippen LogP contribution >= 0.6 is 0 Å². The average molecular weight is 274 g/mol. The van der Waals surface area contributed by atoms with Crippen LogP contribution in [0.3, 0.4) is 0 Å². The van der Waals surface area contributed by atoms with Crippen molar-refractivity contribution in [2.24, 2.45) is 0 Å². The van der Waals surface area contributed by atoms with Crippen molar-refractivity contribution in [3.05, 3.63) is 53.6 Å². The second-order valence-electron chi connectivity index (χ2n) is 4.71. The summed E-state index contributed by atoms with van der Waals surface area (Å²) in [6.45, 7) is 5.55. The first-order valence-electron chi connectivity index (χ1n) is 6.78. The van der Waals surface area contributed by atoms with E-state index >= 15 is 0 Å². The zero-order valence-corrected chi connectivity index (χ0v) is 11.8. The van der Waals surface area contributed by atoms with E-state index in [1.165, 1.54) is 12.1 Å². The number of ether oxygens (including phenoxy) is 1. The lowest BCUT2D eigenvalue weighted by Gasteiger charge is -2.09. The van der Waals surface area contributed by atoms with Crippen molar-refractivity contribution in [2.75, 3.05) is 6.54 Å². The standard InChI is InChI=1S/C16H19FN2O/c1-3-6-18-10-13-7-14(17)9-16(8-13)20-15-5-4-12(2)19-11-15/h4-5,7-9,11,18H,3,6,10H2,1-2H3. The normalized spacial score (nSPS) is 10.6. The molecule has 3 nitrogen and oxygen atoms in total. The van der Waals surface area contributed by atoms with Crippen molar-refractivity contribution in [2.45, 2.75) is 26.8 Å². The zero-order valence-electron chi connectivity index (χ0n) is 11.8. The number of aryl methyl sites for hydroxylation is 1. The molecule has 2 aromatic rings. The van der Waals surface area contributed by atoms with E-state index in [0.717, 1.165) is 24.2 Å². The summed E-state index contributed by atoms with van der Waals surface area (Å²) in [5.74, 6) is 0.800. The van der Waals surface area contributed by atoms with Crippen molar-refractivity contribution >= 4 is 0 Å². The van der Waals surface area contributed by atoms with Crippen LogP contribution in [0.25, 0.3) is 0 Å². The molecule has 4 heteroatoms. The molecular weight excluding hydrogens is 255 g/mol. The molecule has 1 aromatic heterocycles. The van der Waals surface area contributed by atoms with Crippen LogP contribution in [0.1, 0.15) is 24.6 Å². The maximum Gasteiger partial charge on any atom is 0.145 e. The summed E-state index contributed by atoms with van der Waals surface area (Å²) in [4.78, 5) is 4.15. The molecule has 0 aliphatic carbocycles. The van der Waals surface area contributed by atoms with Crippen LogP contribution in [0.2, 0.25) is 0 Å². The smallest absolute Gasteiger partial charge is 0.145 e. The van der Waals surface area contributed by atoms with Crippen molar-refractivity contribution in [3.63, 3.8) is 0 Å². The number of nitrogens with zero attached hydrogens (tertiary/aromatic N) is 1. The van der Waals surface area contributed by atoms with E-state index in [4.69, 9.17) is 4.74 Å². The number of aromatic nitrogens is 1. The summed E-state index contributed by atoms with van der Waals surface area (Å²) in [6, 6.07) is 8.41. The van der Waals surface area contributed by atoms with E-state index < -0.39 is 0 Å². The summed E-state index contributed by atoms with van der Waals surface area (Å²) in [5.41, 5.74) is 1.79. The van der Waals surface area contributed by atoms with Gasteiger partial charge in [0, 0.05) is 18.3 Å². The van der Waals surface area contributed by atoms with Crippen molar-refractivity contribution < 1.29 is 9.13 Å². The van der Waals surface area contributed by atoms with E-state index in [2.05, 4.69) is 17.2 Å². The molecule has 0 fully saturated rings. The van der Waals surface area contributed by atoms with Gasteiger partial charge in [-0.15, -0.1) is 0 Å². The third-order valence-corrected chi connectivity index (χ3v) is 2.81. The molecule has 1 aromatic carbocycles. The highest BCUT2D eigenvalue weighted by molar-refractivity contribution is 5.34. The number of rotatable bonds is 6. The largest absolute Gasteiger partial charge is 0.456 e. The first kappa shape index (κ1) is 14.5. The molecule has 0 unspecified atom stereocenters. The quantitative estimate of drug-likeness (QED) is 0.813. The molecule has 106 valence electrons. The fourth-order valence-corrected chi connectivity index (χ4v) is 1.84. The van der Waals surface area contributed by atoms with Gasteiger partial charge in [0.2, 0.25) is 0 Å². The number of hydrogen-bond acceptors (Lipinski definition) is 3. The van der Waals surface area contributed by atoms with Gasteiger partial charge in [-0.05, 0) is 49.7 Å². The van der Waals surface area contributed by atoms with Gasteiger partial charge in [0.25, 0.3) is 0 Å². The molecule has 20 heavy (non-hydrogen) atoms. The van der Waals surface area contributed by atoms with Gasteiger partial charge in [0.15, 0.2) is 0 Å². The van der Waals surface area contributed by atoms with Gasteiger partial charge in [-0.2, -0.15) is 0 Å². The van der Waals surface area contributed by atoms with E-state index in [0.29, 0.717) is 18.0 Å². The van der Waals surface area contributed by atoms with Gasteiger partial charge >= 0.3 is 0 Å². The molecular formula is C16H19FN2O. The summed E-state index contributed by atoms with van der Waals surface area (Å²) in [6.07, 6.45) is 2.68. The Bertz CT molecular complexity index is 555.